The molecule has 1 aromatic carbocycles. The number of benzene rings is 1. The first-order valence-electron chi connectivity index (χ1n) is 7.67. The Morgan fingerprint density at radius 1 is 1.12 bits per heavy atom. The second kappa shape index (κ2) is 7.02. The fourth-order valence-corrected chi connectivity index (χ4v) is 4.25. The monoisotopic (exact) mass is 354 g/mol. The van der Waals surface area contributed by atoms with Crippen LogP contribution in [0.4, 0.5) is 4.39 Å². The van der Waals surface area contributed by atoms with Crippen molar-refractivity contribution < 1.29 is 22.3 Å². The van der Waals surface area contributed by atoms with Crippen LogP contribution >= 0.6 is 0 Å². The molecule has 1 N–H and O–H groups in total. The van der Waals surface area contributed by atoms with E-state index in [0.717, 1.165) is 6.07 Å². The van der Waals surface area contributed by atoms with Crippen molar-refractivity contribution in [3.05, 3.63) is 54.2 Å². The Bertz CT molecular complexity index is 771. The smallest absolute Gasteiger partial charge is 0.246 e. The van der Waals surface area contributed by atoms with E-state index >= 15 is 0 Å². The summed E-state index contributed by atoms with van der Waals surface area (Å²) in [6.45, 7) is 1.79. The summed E-state index contributed by atoms with van der Waals surface area (Å²) >= 11 is 0. The molecule has 0 aliphatic carbocycles. The van der Waals surface area contributed by atoms with E-state index in [1.807, 2.05) is 4.90 Å². The number of hydrogen-bond donors (Lipinski definition) is 1. The van der Waals surface area contributed by atoms with Gasteiger partial charge in [0.2, 0.25) is 10.0 Å². The number of hydrogen-bond acceptors (Lipinski definition) is 5. The molecule has 2 heterocycles. The fourth-order valence-electron chi connectivity index (χ4n) is 2.76. The molecule has 0 radical (unpaired) electrons. The zero-order chi connectivity index (χ0) is 17.2. The number of furan rings is 1. The van der Waals surface area contributed by atoms with Crippen LogP contribution in [0.15, 0.2) is 52.0 Å². The highest BCUT2D eigenvalue weighted by molar-refractivity contribution is 7.89. The summed E-state index contributed by atoms with van der Waals surface area (Å²) in [5.74, 6) is -0.260. The second-order valence-corrected chi connectivity index (χ2v) is 7.57. The third-order valence-electron chi connectivity index (χ3n) is 4.09. The van der Waals surface area contributed by atoms with Crippen molar-refractivity contribution in [2.24, 2.45) is 0 Å². The Balaban J connectivity index is 1.62. The van der Waals surface area contributed by atoms with Crippen LogP contribution in [0.5, 0.6) is 0 Å². The number of aliphatic hydroxyl groups excluding tert-OH is 1. The van der Waals surface area contributed by atoms with Crippen molar-refractivity contribution in [2.45, 2.75) is 11.0 Å². The van der Waals surface area contributed by atoms with Gasteiger partial charge in [0.1, 0.15) is 22.6 Å². The lowest BCUT2D eigenvalue weighted by atomic mass is 10.2. The molecule has 1 saturated heterocycles. The summed E-state index contributed by atoms with van der Waals surface area (Å²) < 4.78 is 45.3. The van der Waals surface area contributed by atoms with Crippen molar-refractivity contribution in [2.75, 3.05) is 32.7 Å². The molecule has 0 unspecified atom stereocenters. The van der Waals surface area contributed by atoms with Gasteiger partial charge in [0.15, 0.2) is 0 Å². The van der Waals surface area contributed by atoms with Crippen LogP contribution in [0.3, 0.4) is 0 Å². The molecule has 8 heteroatoms. The maximum absolute atomic E-state index is 13.8. The Labute approximate surface area is 140 Å². The molecule has 1 aliphatic rings. The molecular weight excluding hydrogens is 335 g/mol. The summed E-state index contributed by atoms with van der Waals surface area (Å²) in [6, 6.07) is 8.79. The average molecular weight is 354 g/mol. The quantitative estimate of drug-likeness (QED) is 0.880. The minimum Gasteiger partial charge on any atom is -0.467 e. The number of β-amino-alcohol motifs (C(OH)–C–C–N with tert-alkyl or cyclic N) is 1. The van der Waals surface area contributed by atoms with E-state index in [1.54, 1.807) is 12.1 Å². The Hall–Kier alpha value is -1.74. The van der Waals surface area contributed by atoms with E-state index in [2.05, 4.69) is 0 Å². The van der Waals surface area contributed by atoms with Crippen LogP contribution in [-0.4, -0.2) is 55.5 Å². The van der Waals surface area contributed by atoms with Gasteiger partial charge >= 0.3 is 0 Å². The lowest BCUT2D eigenvalue weighted by molar-refractivity contribution is 0.0776. The first kappa shape index (κ1) is 17.1. The maximum Gasteiger partial charge on any atom is 0.246 e. The summed E-state index contributed by atoms with van der Waals surface area (Å²) in [5, 5.41) is 10.1. The number of piperazine rings is 1. The Morgan fingerprint density at radius 2 is 1.83 bits per heavy atom. The van der Waals surface area contributed by atoms with Gasteiger partial charge in [-0.2, -0.15) is 4.31 Å². The molecule has 1 atom stereocenters. The first-order valence-corrected chi connectivity index (χ1v) is 9.11. The number of rotatable bonds is 5. The standard InChI is InChI=1S/C16H19FN2O4S/c17-13-4-1-2-6-16(13)24(21,22)19-9-7-18(8-10-19)12-14(20)15-5-3-11-23-15/h1-6,11,14,20H,7-10,12H2/t14-/m1/s1. The zero-order valence-corrected chi connectivity index (χ0v) is 13.8. The van der Waals surface area contributed by atoms with E-state index in [4.69, 9.17) is 4.42 Å². The van der Waals surface area contributed by atoms with E-state index in [0.29, 0.717) is 25.4 Å². The topological polar surface area (TPSA) is 74.0 Å². The highest BCUT2D eigenvalue weighted by atomic mass is 32.2. The summed E-state index contributed by atoms with van der Waals surface area (Å²) in [7, 11) is -3.84. The van der Waals surface area contributed by atoms with Gasteiger partial charge in [-0.25, -0.2) is 12.8 Å². The van der Waals surface area contributed by atoms with E-state index in [9.17, 15) is 17.9 Å². The molecule has 0 bridgehead atoms. The van der Waals surface area contributed by atoms with Gasteiger partial charge in [0, 0.05) is 32.7 Å². The van der Waals surface area contributed by atoms with Crippen LogP contribution in [-0.2, 0) is 10.0 Å². The SMILES string of the molecule is O=S(=O)(c1ccccc1F)N1CCN(C[C@@H](O)c2ccco2)CC1. The van der Waals surface area contributed by atoms with Gasteiger partial charge in [-0.1, -0.05) is 12.1 Å². The number of halogens is 1. The number of aliphatic hydroxyl groups is 1. The molecule has 1 fully saturated rings. The van der Waals surface area contributed by atoms with Crippen LogP contribution in [0.2, 0.25) is 0 Å². The van der Waals surface area contributed by atoms with E-state index in [1.165, 1.54) is 28.8 Å². The number of sulfonamides is 1. The molecule has 6 nitrogen and oxygen atoms in total. The molecule has 130 valence electrons. The lowest BCUT2D eigenvalue weighted by Crippen LogP contribution is -2.49. The van der Waals surface area contributed by atoms with Crippen molar-refractivity contribution in [3.63, 3.8) is 0 Å². The van der Waals surface area contributed by atoms with Crippen molar-refractivity contribution >= 4 is 10.0 Å². The molecule has 0 amide bonds. The first-order chi connectivity index (χ1) is 11.5. The summed E-state index contributed by atoms with van der Waals surface area (Å²) in [4.78, 5) is 1.66. The van der Waals surface area contributed by atoms with E-state index in [-0.39, 0.29) is 18.0 Å². The van der Waals surface area contributed by atoms with Crippen LogP contribution in [0.1, 0.15) is 11.9 Å². The van der Waals surface area contributed by atoms with Crippen LogP contribution in [0.25, 0.3) is 0 Å². The average Bonchev–Trinajstić information content (AvgIpc) is 3.10. The minimum absolute atomic E-state index is 0.252. The molecule has 0 spiro atoms. The summed E-state index contributed by atoms with van der Waals surface area (Å²) in [6.07, 6.45) is 0.743. The molecule has 2 aromatic rings. The van der Waals surface area contributed by atoms with Crippen molar-refractivity contribution in [1.29, 1.82) is 0 Å². The predicted octanol–water partition coefficient (Wildman–Crippen LogP) is 1.46. The van der Waals surface area contributed by atoms with Crippen molar-refractivity contribution in [1.82, 2.24) is 9.21 Å². The lowest BCUT2D eigenvalue weighted by Gasteiger charge is -2.34. The second-order valence-electron chi connectivity index (χ2n) is 5.67. The molecule has 1 aliphatic heterocycles. The predicted molar refractivity (Wildman–Crippen MR) is 85.3 cm³/mol. The molecule has 0 saturated carbocycles. The highest BCUT2D eigenvalue weighted by Crippen LogP contribution is 2.21. The summed E-state index contributed by atoms with van der Waals surface area (Å²) in [5.41, 5.74) is 0. The van der Waals surface area contributed by atoms with Gasteiger partial charge in [-0.3, -0.25) is 4.90 Å². The Morgan fingerprint density at radius 3 is 2.46 bits per heavy atom. The fraction of sp³-hybridized carbons (Fsp3) is 0.375. The van der Waals surface area contributed by atoms with Gasteiger partial charge in [-0.05, 0) is 24.3 Å². The highest BCUT2D eigenvalue weighted by Gasteiger charge is 2.31. The molecule has 24 heavy (non-hydrogen) atoms. The third kappa shape index (κ3) is 3.51. The molecule has 3 rings (SSSR count). The third-order valence-corrected chi connectivity index (χ3v) is 6.02. The minimum atomic E-state index is -3.84. The molecular formula is C16H19FN2O4S. The van der Waals surface area contributed by atoms with Gasteiger partial charge in [0.25, 0.3) is 0 Å². The normalized spacial score (nSPS) is 18.6. The van der Waals surface area contributed by atoms with Gasteiger partial charge < -0.3 is 9.52 Å². The largest absolute Gasteiger partial charge is 0.467 e. The van der Waals surface area contributed by atoms with Gasteiger partial charge in [-0.15, -0.1) is 0 Å². The Kier molecular flexibility index (Phi) is 5.00. The van der Waals surface area contributed by atoms with Gasteiger partial charge in [0.05, 0.1) is 6.26 Å². The zero-order valence-electron chi connectivity index (χ0n) is 13.0. The number of nitrogens with zero attached hydrogens (tertiary/aromatic N) is 2. The van der Waals surface area contributed by atoms with Crippen LogP contribution in [0, 0.1) is 5.82 Å². The van der Waals surface area contributed by atoms with Crippen molar-refractivity contribution in [3.8, 4) is 0 Å². The molecule has 1 aromatic heterocycles. The maximum atomic E-state index is 13.8. The van der Waals surface area contributed by atoms with Crippen LogP contribution < -0.4 is 0 Å². The van der Waals surface area contributed by atoms with E-state index < -0.39 is 21.9 Å².